The molecule has 2 rings (SSSR count). The van der Waals surface area contributed by atoms with E-state index in [0.29, 0.717) is 12.2 Å². The molecule has 1 heterocycles. The molecule has 0 spiro atoms. The minimum Gasteiger partial charge on any atom is -0.347 e. The molecular weight excluding hydrogens is 230 g/mol. The van der Waals surface area contributed by atoms with E-state index in [2.05, 4.69) is 37.7 Å². The summed E-state index contributed by atoms with van der Waals surface area (Å²) in [5, 5.41) is 0. The molecule has 0 atom stereocenters. The summed E-state index contributed by atoms with van der Waals surface area (Å²) in [6, 6.07) is 2.08. The van der Waals surface area contributed by atoms with Crippen LogP contribution in [0.3, 0.4) is 0 Å². The summed E-state index contributed by atoms with van der Waals surface area (Å²) in [5.74, 6) is 1.43. The number of fused-ring (bicyclic) bond motifs is 1. The molecule has 0 saturated heterocycles. The average Bonchev–Trinajstić information content (AvgIpc) is 2.51. The van der Waals surface area contributed by atoms with Crippen molar-refractivity contribution in [2.75, 3.05) is 12.0 Å². The van der Waals surface area contributed by atoms with Crippen molar-refractivity contribution < 1.29 is 4.79 Å². The molecule has 0 aliphatic heterocycles. The van der Waals surface area contributed by atoms with Crippen LogP contribution in [0.1, 0.15) is 42.0 Å². The van der Waals surface area contributed by atoms with Gasteiger partial charge in [0.25, 0.3) is 0 Å². The van der Waals surface area contributed by atoms with Crippen molar-refractivity contribution in [2.45, 2.75) is 40.2 Å². The highest BCUT2D eigenvalue weighted by Crippen LogP contribution is 2.36. The van der Waals surface area contributed by atoms with Gasteiger partial charge in [0, 0.05) is 35.7 Å². The van der Waals surface area contributed by atoms with Crippen LogP contribution in [0.5, 0.6) is 0 Å². The molecule has 0 bridgehead atoms. The van der Waals surface area contributed by atoms with E-state index >= 15 is 0 Å². The van der Waals surface area contributed by atoms with E-state index in [1.807, 2.05) is 11.8 Å². The molecule has 1 aliphatic rings. The van der Waals surface area contributed by atoms with Crippen LogP contribution in [0.4, 0.5) is 0 Å². The molecule has 17 heavy (non-hydrogen) atoms. The highest BCUT2D eigenvalue weighted by Gasteiger charge is 2.33. The van der Waals surface area contributed by atoms with Crippen LogP contribution in [0, 0.1) is 12.3 Å². The van der Waals surface area contributed by atoms with E-state index in [9.17, 15) is 4.79 Å². The van der Waals surface area contributed by atoms with Gasteiger partial charge in [0.15, 0.2) is 5.78 Å². The Balaban J connectivity index is 2.40. The van der Waals surface area contributed by atoms with Crippen LogP contribution in [0.15, 0.2) is 6.07 Å². The zero-order chi connectivity index (χ0) is 12.6. The lowest BCUT2D eigenvalue weighted by Crippen LogP contribution is -2.28. The van der Waals surface area contributed by atoms with Gasteiger partial charge in [-0.1, -0.05) is 13.8 Å². The molecular formula is C14H21NOS. The molecule has 0 radical (unpaired) electrons. The van der Waals surface area contributed by atoms with Crippen LogP contribution >= 0.6 is 11.8 Å². The molecule has 3 heteroatoms. The maximum absolute atomic E-state index is 12.1. The highest BCUT2D eigenvalue weighted by molar-refractivity contribution is 7.98. The predicted molar refractivity (Wildman–Crippen MR) is 74.0 cm³/mol. The summed E-state index contributed by atoms with van der Waals surface area (Å²) < 4.78 is 2.34. The molecule has 0 N–H and O–H groups in total. The summed E-state index contributed by atoms with van der Waals surface area (Å²) in [6.07, 6.45) is 3.84. The Kier molecular flexibility index (Phi) is 3.39. The molecule has 0 unspecified atom stereocenters. The summed E-state index contributed by atoms with van der Waals surface area (Å²) in [5.41, 5.74) is 3.59. The van der Waals surface area contributed by atoms with Gasteiger partial charge < -0.3 is 4.57 Å². The Morgan fingerprint density at radius 3 is 2.76 bits per heavy atom. The lowest BCUT2D eigenvalue weighted by Gasteiger charge is -2.29. The number of nitrogens with zero attached hydrogens (tertiary/aromatic N) is 1. The molecule has 1 aromatic rings. The first-order valence-electron chi connectivity index (χ1n) is 6.16. The third-order valence-corrected chi connectivity index (χ3v) is 4.11. The third kappa shape index (κ3) is 2.44. The van der Waals surface area contributed by atoms with Crippen LogP contribution in [-0.4, -0.2) is 22.4 Å². The first kappa shape index (κ1) is 12.7. The number of hydrogen-bond donors (Lipinski definition) is 0. The summed E-state index contributed by atoms with van der Waals surface area (Å²) in [4.78, 5) is 12.1. The van der Waals surface area contributed by atoms with Crippen LogP contribution < -0.4 is 0 Å². The minimum atomic E-state index is 0.117. The monoisotopic (exact) mass is 251 g/mol. The number of carbonyl (C=O) groups is 1. The molecule has 0 amide bonds. The van der Waals surface area contributed by atoms with Gasteiger partial charge in [-0.2, -0.15) is 11.8 Å². The second-order valence-corrected chi connectivity index (χ2v) is 6.72. The molecule has 0 saturated carbocycles. The largest absolute Gasteiger partial charge is 0.347 e. The predicted octanol–water partition coefficient (Wildman–Crippen LogP) is 3.31. The lowest BCUT2D eigenvalue weighted by molar-refractivity contribution is 0.0910. The Labute approximate surface area is 108 Å². The zero-order valence-corrected chi connectivity index (χ0v) is 12.0. The fourth-order valence-electron chi connectivity index (χ4n) is 2.70. The molecule has 0 fully saturated rings. The molecule has 1 aromatic heterocycles. The number of aryl methyl sites for hydroxylation is 1. The van der Waals surface area contributed by atoms with E-state index in [-0.39, 0.29) is 5.41 Å². The summed E-state index contributed by atoms with van der Waals surface area (Å²) >= 11 is 1.85. The lowest BCUT2D eigenvalue weighted by atomic mass is 9.76. The molecule has 1 aliphatic carbocycles. The van der Waals surface area contributed by atoms with E-state index in [1.54, 1.807) is 0 Å². The van der Waals surface area contributed by atoms with Gasteiger partial charge in [-0.15, -0.1) is 0 Å². The van der Waals surface area contributed by atoms with Gasteiger partial charge in [0.05, 0.1) is 0 Å². The third-order valence-electron chi connectivity index (χ3n) is 3.52. The fraction of sp³-hybridized carbons (Fsp3) is 0.643. The SMILES string of the molecule is CSCCn1c(C)cc2c1CC(C)(C)CC2=O. The highest BCUT2D eigenvalue weighted by atomic mass is 32.2. The Morgan fingerprint density at radius 1 is 1.41 bits per heavy atom. The van der Waals surface area contributed by atoms with Crippen molar-refractivity contribution in [1.82, 2.24) is 4.57 Å². The second kappa shape index (κ2) is 4.52. The summed E-state index contributed by atoms with van der Waals surface area (Å²) in [6.45, 7) is 7.51. The number of ketones is 1. The fourth-order valence-corrected chi connectivity index (χ4v) is 3.07. The van der Waals surface area contributed by atoms with Crippen molar-refractivity contribution in [3.8, 4) is 0 Å². The first-order valence-corrected chi connectivity index (χ1v) is 7.55. The molecule has 2 nitrogen and oxygen atoms in total. The van der Waals surface area contributed by atoms with E-state index < -0.39 is 0 Å². The van der Waals surface area contributed by atoms with Crippen molar-refractivity contribution in [1.29, 1.82) is 0 Å². The van der Waals surface area contributed by atoms with Gasteiger partial charge in [-0.25, -0.2) is 0 Å². The van der Waals surface area contributed by atoms with Gasteiger partial charge >= 0.3 is 0 Å². The average molecular weight is 251 g/mol. The van der Waals surface area contributed by atoms with E-state index in [0.717, 1.165) is 24.3 Å². The Hall–Kier alpha value is -0.700. The van der Waals surface area contributed by atoms with Crippen molar-refractivity contribution in [3.05, 3.63) is 23.0 Å². The van der Waals surface area contributed by atoms with Crippen molar-refractivity contribution in [3.63, 3.8) is 0 Å². The minimum absolute atomic E-state index is 0.117. The number of hydrogen-bond acceptors (Lipinski definition) is 2. The quantitative estimate of drug-likeness (QED) is 0.822. The van der Waals surface area contributed by atoms with Crippen LogP contribution in [0.25, 0.3) is 0 Å². The van der Waals surface area contributed by atoms with Gasteiger partial charge in [-0.3, -0.25) is 4.79 Å². The number of aromatic nitrogens is 1. The van der Waals surface area contributed by atoms with Crippen molar-refractivity contribution >= 4 is 17.5 Å². The van der Waals surface area contributed by atoms with Gasteiger partial charge in [-0.05, 0) is 31.1 Å². The molecule has 94 valence electrons. The Morgan fingerprint density at radius 2 is 2.12 bits per heavy atom. The number of Topliss-reactive ketones (excluding diaryl/α,β-unsaturated/α-hetero) is 1. The topological polar surface area (TPSA) is 22.0 Å². The summed E-state index contributed by atoms with van der Waals surface area (Å²) in [7, 11) is 0. The Bertz CT molecular complexity index is 445. The zero-order valence-electron chi connectivity index (χ0n) is 11.2. The maximum Gasteiger partial charge on any atom is 0.165 e. The normalized spacial score (nSPS) is 18.2. The van der Waals surface area contributed by atoms with Crippen molar-refractivity contribution in [2.24, 2.45) is 5.41 Å². The van der Waals surface area contributed by atoms with Gasteiger partial charge in [0.1, 0.15) is 0 Å². The van der Waals surface area contributed by atoms with Crippen LogP contribution in [0.2, 0.25) is 0 Å². The standard InChI is InChI=1S/C14H21NOS/c1-10-7-11-12(15(10)5-6-17-4)8-14(2,3)9-13(11)16/h7H,5-6,8-9H2,1-4H3. The number of thioether (sulfide) groups is 1. The van der Waals surface area contributed by atoms with E-state index in [4.69, 9.17) is 0 Å². The second-order valence-electron chi connectivity index (χ2n) is 5.73. The molecule has 0 aromatic carbocycles. The smallest absolute Gasteiger partial charge is 0.165 e. The number of rotatable bonds is 3. The van der Waals surface area contributed by atoms with Crippen LogP contribution in [-0.2, 0) is 13.0 Å². The maximum atomic E-state index is 12.1. The van der Waals surface area contributed by atoms with E-state index in [1.165, 1.54) is 11.4 Å². The number of carbonyl (C=O) groups excluding carboxylic acids is 1. The first-order chi connectivity index (χ1) is 7.94. The van der Waals surface area contributed by atoms with Gasteiger partial charge in [0.2, 0.25) is 0 Å².